The second-order valence-corrected chi connectivity index (χ2v) is 0. The van der Waals surface area contributed by atoms with E-state index >= 15 is 0 Å². The van der Waals surface area contributed by atoms with Crippen molar-refractivity contribution in [2.24, 2.45) is 0 Å². The van der Waals surface area contributed by atoms with Crippen molar-refractivity contribution in [3.05, 3.63) is 0 Å². The van der Waals surface area contributed by atoms with Crippen molar-refractivity contribution in [1.29, 1.82) is 0 Å². The molecule has 0 atom stereocenters. The van der Waals surface area contributed by atoms with Crippen molar-refractivity contribution in [1.82, 2.24) is 0 Å². The van der Waals surface area contributed by atoms with Crippen molar-refractivity contribution in [3.63, 3.8) is 0 Å². The van der Waals surface area contributed by atoms with Crippen LogP contribution >= 0.6 is 124 Å². The van der Waals surface area contributed by atoms with Crippen LogP contribution in [-0.4, -0.2) is 0 Å². The summed E-state index contributed by atoms with van der Waals surface area (Å²) in [7, 11) is 0. The zero-order valence-corrected chi connectivity index (χ0v) is 312. The molecule has 0 aliphatic rings. The third-order valence-electron chi connectivity index (χ3n) is 0. The molecule has 0 unspecified atom stereocenters. The second-order valence-electron chi connectivity index (χ2n) is 0. The largest absolute Gasteiger partial charge is 1.00 e. The quantitative estimate of drug-likeness (QED) is 0.212. The van der Waals surface area contributed by atoms with Gasteiger partial charge in [0, 0.05) is 0 Å². The van der Waals surface area contributed by atoms with Gasteiger partial charge in [-0.05, 0) is 0 Å². The SMILES string of the molecule is Cl.Cl.Cl.Cl.Cl.Cl.Cl.Cl.Cl.Cl.[Na+].[Na+].[Na+].[Na+].[Na+].[Na+].[Na+].[Na+].[Na+].[Na+].[Na+].[Na+].[Na+].[Na+].[Na+].[Na+].[Na+].[Na+].[Na+].[Na+].[Na+].[Na+].[Na+].[Na+].[Na+].[Na+].[Na+].[Na+].[Na+].[Na+].[Na+].[Na+].[Na+].[Na+].[Na+].[Na+].[Na+].[Na+].[Na+].[Na+].[Na+].[Na+].[Na+].[Na+].[Na+].[Na+].[Na+].[Na+].[Na+].[Na+].[Na+].[Na+].[Na+].[Na+].[Na+].[Na+].[Na+].[Na+].[Na+].[Na+].[Na+].[Na+].[Na+].[Na+].[Na+].[Na+].[Na+].[Na+].[Na+].[Na+].[Na+].[Na+].[Na+].[Na+].[Na+].[Na+].[Na+].[Na+].[Na+].[Na+].[Na+].[Na+].[Na+].[Na+].[Na+].[Na+].[Na+].[Na+].[Na+].[Na+].[Na+].[Na+].[Na+].[Na+].[Na+].[Na+].[Na+].[Na+].[Na+].[Na+]. The van der Waals surface area contributed by atoms with Gasteiger partial charge < -0.3 is 0 Å². The molecule has 0 aromatic heterocycles. The predicted octanol–water partition coefficient (Wildman–Crippen LogP) is -295. The molecular formula is H10Cl10Na100+100. The Morgan fingerprint density at radius 2 is 0.0182 bits per heavy atom. The van der Waals surface area contributed by atoms with Gasteiger partial charge >= 0.3 is 2960 Å². The van der Waals surface area contributed by atoms with E-state index in [1.165, 1.54) is 0 Å². The van der Waals surface area contributed by atoms with Crippen LogP contribution in [0.3, 0.4) is 0 Å². The summed E-state index contributed by atoms with van der Waals surface area (Å²) < 4.78 is 0. The van der Waals surface area contributed by atoms with Crippen LogP contribution < -0.4 is 2960 Å². The summed E-state index contributed by atoms with van der Waals surface area (Å²) in [6.45, 7) is 0. The normalized spacial score (nSPS) is 0. The van der Waals surface area contributed by atoms with E-state index in [0.717, 1.165) is 0 Å². The van der Waals surface area contributed by atoms with Gasteiger partial charge in [-0.1, -0.05) is 0 Å². The molecule has 110 heavy (non-hydrogen) atoms. The van der Waals surface area contributed by atoms with Crippen LogP contribution in [0.15, 0.2) is 0 Å². The molecule has 0 saturated heterocycles. The summed E-state index contributed by atoms with van der Waals surface area (Å²) in [5.41, 5.74) is 0. The number of hydrogen-bond donors (Lipinski definition) is 0. The summed E-state index contributed by atoms with van der Waals surface area (Å²) in [6.07, 6.45) is 0. The molecule has 0 heterocycles. The first-order valence-electron chi connectivity index (χ1n) is 0. The Hall–Kier alpha value is 103. The molecular weight excluding hydrogens is 2650 g/mol. The molecule has 0 radical (unpaired) electrons. The zero-order chi connectivity index (χ0) is 0. The van der Waals surface area contributed by atoms with E-state index in [1.807, 2.05) is 0 Å². The van der Waals surface area contributed by atoms with Crippen molar-refractivity contribution >= 4 is 124 Å². The Morgan fingerprint density at radius 1 is 0.0182 bits per heavy atom. The van der Waals surface area contributed by atoms with E-state index in [1.54, 1.807) is 0 Å². The molecule has 0 N–H and O–H groups in total. The Labute approximate surface area is 2960 Å². The number of halogens is 10. The fourth-order valence-electron chi connectivity index (χ4n) is 0. The van der Waals surface area contributed by atoms with E-state index in [2.05, 4.69) is 0 Å². The van der Waals surface area contributed by atoms with Crippen LogP contribution in [0.25, 0.3) is 0 Å². The second kappa shape index (κ2) is 890. The minimum Gasteiger partial charge on any atom is -0.147 e. The molecule has 0 spiro atoms. The van der Waals surface area contributed by atoms with E-state index in [-0.39, 0.29) is 3080 Å². The molecule has 0 aliphatic heterocycles. The Bertz CT molecular complexity index is 48.3. The molecule has 0 bridgehead atoms. The van der Waals surface area contributed by atoms with Crippen LogP contribution in [0.1, 0.15) is 0 Å². The van der Waals surface area contributed by atoms with E-state index in [0.29, 0.717) is 0 Å². The third kappa shape index (κ3) is 878. The number of hydrogen-bond acceptors (Lipinski definition) is 0. The summed E-state index contributed by atoms with van der Waals surface area (Å²) >= 11 is 0. The van der Waals surface area contributed by atoms with Gasteiger partial charge in [0.05, 0.1) is 0 Å². The summed E-state index contributed by atoms with van der Waals surface area (Å²) in [5.74, 6) is 0. The molecule has 0 nitrogen and oxygen atoms in total. The van der Waals surface area contributed by atoms with Gasteiger partial charge in [0.15, 0.2) is 0 Å². The van der Waals surface area contributed by atoms with Crippen LogP contribution in [0, 0.1) is 0 Å². The average molecular weight is 2660 g/mol. The zero-order valence-electron chi connectivity index (χ0n) is 104. The molecule has 0 amide bonds. The van der Waals surface area contributed by atoms with Crippen LogP contribution in [0.5, 0.6) is 0 Å². The van der Waals surface area contributed by atoms with Crippen molar-refractivity contribution in [2.45, 2.75) is 0 Å². The molecule has 0 fully saturated rings. The smallest absolute Gasteiger partial charge is 0.147 e. The van der Waals surface area contributed by atoms with Gasteiger partial charge in [-0.2, -0.15) is 0 Å². The maximum absolute atomic E-state index is 0. The maximum atomic E-state index is 0. The van der Waals surface area contributed by atoms with E-state index in [4.69, 9.17) is 0 Å². The molecule has 0 rings (SSSR count). The minimum atomic E-state index is 0. The fraction of sp³-hybridized carbons (Fsp3) is 0. The van der Waals surface area contributed by atoms with Gasteiger partial charge in [0.1, 0.15) is 0 Å². The van der Waals surface area contributed by atoms with Gasteiger partial charge in [-0.15, -0.1) is 124 Å². The van der Waals surface area contributed by atoms with Gasteiger partial charge in [0.25, 0.3) is 0 Å². The first-order chi connectivity index (χ1) is 0. The monoisotopic (exact) mass is 2660 g/mol. The molecule has 0 aromatic rings. The molecule has 0 saturated carbocycles. The Balaban J connectivity index is 0. The van der Waals surface area contributed by atoms with Gasteiger partial charge in [0.2, 0.25) is 0 Å². The Kier molecular flexibility index (Phi) is 7310. The topological polar surface area (TPSA) is 0 Å². The third-order valence-corrected chi connectivity index (χ3v) is 0. The Morgan fingerprint density at radius 3 is 0.0182 bits per heavy atom. The van der Waals surface area contributed by atoms with Crippen LogP contribution in [0.2, 0.25) is 0 Å². The van der Waals surface area contributed by atoms with Crippen LogP contribution in [0.4, 0.5) is 0 Å². The average Bonchev–Trinajstić information content (AvgIpc) is 0. The predicted molar refractivity (Wildman–Crippen MR) is 72.5 cm³/mol. The molecule has 80 valence electrons. The molecule has 0 aliphatic carbocycles. The van der Waals surface area contributed by atoms with Gasteiger partial charge in [-0.3, -0.25) is 0 Å². The van der Waals surface area contributed by atoms with Crippen molar-refractivity contribution < 1.29 is 2960 Å². The standard InChI is InChI=1S/10ClH.100Na/h10*1H;;;;;;;;;;;;;;;;;;;;;;;;;;;;;;;;;;;;;;;;;;;;;;;;;;;;;;;;;;;;;;;;;;;;;;;;;;;;;;;;;;;;;;;;;;;;;;;;;;;;/q;;;;;;;;;;100*+1. The van der Waals surface area contributed by atoms with E-state index < -0.39 is 0 Å². The van der Waals surface area contributed by atoms with Crippen molar-refractivity contribution in [2.75, 3.05) is 0 Å². The first-order valence-corrected chi connectivity index (χ1v) is 0. The molecule has 0 aromatic carbocycles. The summed E-state index contributed by atoms with van der Waals surface area (Å²) in [4.78, 5) is 0. The summed E-state index contributed by atoms with van der Waals surface area (Å²) in [6, 6.07) is 0. The summed E-state index contributed by atoms with van der Waals surface area (Å²) in [5, 5.41) is 0. The minimum absolute atomic E-state index is 0. The van der Waals surface area contributed by atoms with E-state index in [9.17, 15) is 0 Å². The van der Waals surface area contributed by atoms with Crippen LogP contribution in [-0.2, 0) is 0 Å². The van der Waals surface area contributed by atoms with Crippen molar-refractivity contribution in [3.8, 4) is 0 Å². The first kappa shape index (κ1) is 903. The fourth-order valence-corrected chi connectivity index (χ4v) is 0. The maximum Gasteiger partial charge on any atom is 1.00 e. The number of rotatable bonds is 0. The molecule has 110 heteroatoms. The van der Waals surface area contributed by atoms with Gasteiger partial charge in [-0.25, -0.2) is 0 Å².